The van der Waals surface area contributed by atoms with Gasteiger partial charge in [-0.3, -0.25) is 8.22 Å². The lowest BCUT2D eigenvalue weighted by Gasteiger charge is -2.66. The fraction of sp³-hybridized carbons (Fsp3) is 1.00. The highest BCUT2D eigenvalue weighted by Gasteiger charge is 2.64. The number of nitrogens with zero attached hydrogens (tertiary/aromatic N) is 2. The van der Waals surface area contributed by atoms with Crippen LogP contribution in [0.1, 0.15) is 0 Å². The molecule has 0 spiro atoms. The van der Waals surface area contributed by atoms with Crippen LogP contribution in [0.4, 0.5) is 8.22 Å². The fourth-order valence-electron chi connectivity index (χ4n) is 4.96. The quantitative estimate of drug-likeness (QED) is 0.590. The van der Waals surface area contributed by atoms with Gasteiger partial charge in [-0.2, -0.15) is 0 Å². The molecule has 0 unspecified atom stereocenters. The van der Waals surface area contributed by atoms with E-state index in [-0.39, 0.29) is 0 Å². The third-order valence-corrected chi connectivity index (χ3v) is 35.0. The first-order valence-electron chi connectivity index (χ1n) is 7.22. The summed E-state index contributed by atoms with van der Waals surface area (Å²) in [5, 5.41) is 0. The van der Waals surface area contributed by atoms with Gasteiger partial charge in [0.05, 0.1) is 0 Å². The van der Waals surface area contributed by atoms with E-state index < -0.39 is 42.3 Å². The third-order valence-electron chi connectivity index (χ3n) is 3.89. The molecule has 1 aliphatic heterocycles. The molecule has 0 radical (unpaired) electrons. The average molecular weight is 372 g/mol. The van der Waals surface area contributed by atoms with Gasteiger partial charge in [-0.05, 0) is 65.5 Å². The highest BCUT2D eigenvalue weighted by atomic mass is 28.6. The van der Waals surface area contributed by atoms with Crippen LogP contribution in [0, 0.1) is 0 Å². The maximum atomic E-state index is 15.1. The molecule has 0 aromatic heterocycles. The molecule has 0 atom stereocenters. The molecule has 1 fully saturated rings. The predicted octanol–water partition coefficient (Wildman–Crippen LogP) is 3.64. The van der Waals surface area contributed by atoms with Gasteiger partial charge in [0, 0.05) is 0 Å². The molecule has 0 aromatic rings. The molecule has 0 aromatic carbocycles. The number of hydrogen-bond donors (Lipinski definition) is 1. The molecule has 1 rings (SSSR count). The van der Waals surface area contributed by atoms with Gasteiger partial charge in [-0.25, -0.2) is 0 Å². The van der Waals surface area contributed by atoms with E-state index in [0.717, 1.165) is 0 Å². The van der Waals surface area contributed by atoms with Crippen LogP contribution in [0.5, 0.6) is 0 Å². The largest absolute Gasteiger partial charge is 0.337 e. The van der Waals surface area contributed by atoms with Crippen LogP contribution >= 0.6 is 0 Å². The van der Waals surface area contributed by atoms with Crippen LogP contribution in [-0.2, 0) is 0 Å². The zero-order valence-electron chi connectivity index (χ0n) is 14.7. The summed E-state index contributed by atoms with van der Waals surface area (Å²) in [6, 6.07) is 0. The summed E-state index contributed by atoms with van der Waals surface area (Å²) in [5.41, 5.74) is 0. The summed E-state index contributed by atoms with van der Waals surface area (Å²) in [4.78, 5) is 0. The second kappa shape index (κ2) is 4.91. The first-order chi connectivity index (χ1) is 8.44. The van der Waals surface area contributed by atoms with Crippen LogP contribution in [0.15, 0.2) is 0 Å². The maximum Gasteiger partial charge on any atom is 0.305 e. The van der Waals surface area contributed by atoms with E-state index >= 15 is 8.22 Å². The van der Waals surface area contributed by atoms with Crippen LogP contribution in [0.3, 0.4) is 0 Å². The minimum atomic E-state index is -2.98. The Labute approximate surface area is 128 Å². The lowest BCUT2D eigenvalue weighted by atomic mass is 11.9. The Kier molecular flexibility index (Phi) is 4.63. The number of nitrogens with one attached hydrogen (secondary N) is 1. The predicted molar refractivity (Wildman–Crippen MR) is 96.4 cm³/mol. The van der Waals surface area contributed by atoms with Crippen LogP contribution in [0.25, 0.3) is 0 Å². The van der Waals surface area contributed by atoms with Gasteiger partial charge in [-0.1, -0.05) is 0 Å². The number of halogens is 2. The lowest BCUT2D eigenvalue weighted by Crippen LogP contribution is -2.94. The molecular formula is C10H31F2N3Si5. The van der Waals surface area contributed by atoms with Crippen LogP contribution < -0.4 is 4.65 Å². The standard InChI is InChI=1S/C10H31F2N3Si5/c1-16(2,11)14-18(5,6)13-19(7,8)15(17(3,4)12)20(14,9)10/h13H,1-10H3. The van der Waals surface area contributed by atoms with E-state index in [1.54, 1.807) is 26.2 Å². The maximum absolute atomic E-state index is 15.1. The van der Waals surface area contributed by atoms with Crippen molar-refractivity contribution in [1.29, 1.82) is 0 Å². The Balaban J connectivity index is 3.50. The highest BCUT2D eigenvalue weighted by Crippen LogP contribution is 2.39. The Morgan fingerprint density at radius 3 is 1.15 bits per heavy atom. The van der Waals surface area contributed by atoms with Gasteiger partial charge in [0.2, 0.25) is 0 Å². The van der Waals surface area contributed by atoms with Gasteiger partial charge >= 0.3 is 17.1 Å². The Morgan fingerprint density at radius 2 is 0.950 bits per heavy atom. The summed E-state index contributed by atoms with van der Waals surface area (Å²) in [6.45, 7) is 20.1. The fourth-order valence-corrected chi connectivity index (χ4v) is 48.4. The molecule has 1 aliphatic rings. The molecule has 1 saturated heterocycles. The lowest BCUT2D eigenvalue weighted by molar-refractivity contribution is 0.593. The van der Waals surface area contributed by atoms with Crippen LogP contribution in [0.2, 0.25) is 65.5 Å². The van der Waals surface area contributed by atoms with Crippen molar-refractivity contribution in [2.24, 2.45) is 0 Å². The van der Waals surface area contributed by atoms with E-state index in [1.807, 2.05) is 0 Å². The average Bonchev–Trinajstić information content (AvgIpc) is 1.85. The second-order valence-electron chi connectivity index (χ2n) is 8.23. The topological polar surface area (TPSA) is 18.5 Å². The van der Waals surface area contributed by atoms with Gasteiger partial charge in [-0.15, -0.1) is 0 Å². The Bertz CT molecular complexity index is 355. The summed E-state index contributed by atoms with van der Waals surface area (Å²) >= 11 is 0. The van der Waals surface area contributed by atoms with Gasteiger partial charge in [0.15, 0.2) is 25.2 Å². The van der Waals surface area contributed by atoms with Crippen molar-refractivity contribution in [3.63, 3.8) is 0 Å². The van der Waals surface area contributed by atoms with Gasteiger partial charge in [0.1, 0.15) is 0 Å². The van der Waals surface area contributed by atoms with Crippen molar-refractivity contribution in [2.45, 2.75) is 65.5 Å². The van der Waals surface area contributed by atoms with Gasteiger partial charge in [0.25, 0.3) is 0 Å². The molecule has 120 valence electrons. The molecule has 3 nitrogen and oxygen atoms in total. The third kappa shape index (κ3) is 3.26. The Morgan fingerprint density at radius 1 is 0.700 bits per heavy atom. The molecule has 0 bridgehead atoms. The van der Waals surface area contributed by atoms with Crippen molar-refractivity contribution in [3.8, 4) is 0 Å². The van der Waals surface area contributed by atoms with Gasteiger partial charge < -0.3 is 12.4 Å². The molecule has 1 N–H and O–H groups in total. The normalized spacial score (nSPS) is 27.6. The molecule has 0 saturated carbocycles. The van der Waals surface area contributed by atoms with Crippen LogP contribution in [-0.4, -0.2) is 50.1 Å². The smallest absolute Gasteiger partial charge is 0.305 e. The molecule has 20 heavy (non-hydrogen) atoms. The van der Waals surface area contributed by atoms with Crippen molar-refractivity contribution in [1.82, 2.24) is 12.4 Å². The molecule has 0 amide bonds. The molecular weight excluding hydrogens is 341 g/mol. The molecule has 10 heteroatoms. The molecule has 0 aliphatic carbocycles. The monoisotopic (exact) mass is 371 g/mol. The SMILES string of the molecule is C[Si](C)(F)N1[Si](C)(C)N[Si](C)(C)N([Si](C)(C)F)[Si]1(C)C. The van der Waals surface area contributed by atoms with E-state index in [1.165, 1.54) is 0 Å². The first kappa shape index (κ1) is 18.9. The summed E-state index contributed by atoms with van der Waals surface area (Å²) in [6.07, 6.45) is 0. The van der Waals surface area contributed by atoms with E-state index in [4.69, 9.17) is 0 Å². The first-order valence-corrected chi connectivity index (χ1v) is 21.7. The second-order valence-corrected chi connectivity index (χ2v) is 29.5. The summed E-state index contributed by atoms with van der Waals surface area (Å²) < 4.78 is 38.2. The summed E-state index contributed by atoms with van der Waals surface area (Å²) in [7, 11) is -12.3. The summed E-state index contributed by atoms with van der Waals surface area (Å²) in [5.74, 6) is 0. The minimum Gasteiger partial charge on any atom is -0.337 e. The Hall–Kier alpha value is 0.824. The highest BCUT2D eigenvalue weighted by molar-refractivity contribution is 7.15. The van der Waals surface area contributed by atoms with Crippen molar-refractivity contribution >= 4 is 42.3 Å². The van der Waals surface area contributed by atoms with Crippen molar-refractivity contribution in [3.05, 3.63) is 0 Å². The zero-order chi connectivity index (χ0) is 16.4. The van der Waals surface area contributed by atoms with Crippen molar-refractivity contribution < 1.29 is 8.22 Å². The number of hydrogen-bond acceptors (Lipinski definition) is 3. The molecule has 1 heterocycles. The minimum absolute atomic E-state index is 1.75. The van der Waals surface area contributed by atoms with E-state index in [9.17, 15) is 0 Å². The van der Waals surface area contributed by atoms with E-state index in [0.29, 0.717) is 0 Å². The number of rotatable bonds is 2. The van der Waals surface area contributed by atoms with E-state index in [2.05, 4.69) is 51.7 Å². The van der Waals surface area contributed by atoms with Crippen molar-refractivity contribution in [2.75, 3.05) is 0 Å². The zero-order valence-corrected chi connectivity index (χ0v) is 19.7.